The lowest BCUT2D eigenvalue weighted by Gasteiger charge is -2.23. The molecule has 0 spiro atoms. The van der Waals surface area contributed by atoms with Crippen LogP contribution in [0.4, 0.5) is 11.6 Å². The van der Waals surface area contributed by atoms with Gasteiger partial charge in [0.05, 0.1) is 0 Å². The maximum absolute atomic E-state index is 5.09. The molecule has 1 aromatic heterocycles. The molecule has 1 saturated heterocycles. The number of rotatable bonds is 5. The van der Waals surface area contributed by atoms with Crippen molar-refractivity contribution in [2.75, 3.05) is 36.3 Å². The Morgan fingerprint density at radius 3 is 2.94 bits per heavy atom. The largest absolute Gasteiger partial charge is 0.377 e. The summed E-state index contributed by atoms with van der Waals surface area (Å²) in [5.41, 5.74) is 0. The third-order valence-electron chi connectivity index (χ3n) is 2.81. The summed E-state index contributed by atoms with van der Waals surface area (Å²) in [7, 11) is 3.51. The average molecular weight is 268 g/mol. The summed E-state index contributed by atoms with van der Waals surface area (Å²) in [6.07, 6.45) is 2.49. The number of nitrogens with one attached hydrogen (secondary N) is 2. The lowest BCUT2D eigenvalue weighted by atomic mass is 10.2. The summed E-state index contributed by atoms with van der Waals surface area (Å²) in [5.74, 6) is 4.84. The van der Waals surface area contributed by atoms with Gasteiger partial charge in [-0.1, -0.05) is 0 Å². The van der Waals surface area contributed by atoms with Crippen LogP contribution < -0.4 is 10.6 Å². The fourth-order valence-electron chi connectivity index (χ4n) is 1.96. The number of hydrogen-bond donors (Lipinski definition) is 2. The summed E-state index contributed by atoms with van der Waals surface area (Å²) >= 11 is 2.00. The molecule has 0 amide bonds. The number of thioether (sulfide) groups is 1. The van der Waals surface area contributed by atoms with Crippen LogP contribution in [0.5, 0.6) is 0 Å². The van der Waals surface area contributed by atoms with Crippen molar-refractivity contribution in [3.05, 3.63) is 11.9 Å². The zero-order valence-electron chi connectivity index (χ0n) is 10.9. The molecule has 1 unspecified atom stereocenters. The Morgan fingerprint density at radius 1 is 1.44 bits per heavy atom. The highest BCUT2D eigenvalue weighted by atomic mass is 32.2. The molecule has 5 nitrogen and oxygen atoms in total. The van der Waals surface area contributed by atoms with Gasteiger partial charge in [0.15, 0.2) is 5.82 Å². The average Bonchev–Trinajstić information content (AvgIpc) is 2.40. The van der Waals surface area contributed by atoms with Gasteiger partial charge in [-0.05, 0) is 18.6 Å². The molecule has 2 rings (SSSR count). The Hall–Kier alpha value is -1.01. The number of nitrogens with zero attached hydrogens (tertiary/aromatic N) is 2. The number of methoxy groups -OCH3 is 1. The number of ether oxygens (including phenoxy) is 1. The topological polar surface area (TPSA) is 59.1 Å². The van der Waals surface area contributed by atoms with E-state index in [0.717, 1.165) is 17.4 Å². The molecule has 0 aliphatic carbocycles. The highest BCUT2D eigenvalue weighted by molar-refractivity contribution is 7.99. The van der Waals surface area contributed by atoms with Crippen LogP contribution in [0.15, 0.2) is 6.07 Å². The molecule has 18 heavy (non-hydrogen) atoms. The summed E-state index contributed by atoms with van der Waals surface area (Å²) in [6.45, 7) is 0.434. The van der Waals surface area contributed by atoms with Crippen LogP contribution in [-0.4, -0.2) is 41.7 Å². The van der Waals surface area contributed by atoms with Gasteiger partial charge in [-0.3, -0.25) is 0 Å². The van der Waals surface area contributed by atoms with E-state index in [1.807, 2.05) is 24.9 Å². The van der Waals surface area contributed by atoms with Gasteiger partial charge < -0.3 is 15.4 Å². The molecule has 1 fully saturated rings. The van der Waals surface area contributed by atoms with Crippen molar-refractivity contribution in [3.63, 3.8) is 0 Å². The molecule has 6 heteroatoms. The molecule has 0 radical (unpaired) electrons. The molecule has 0 saturated carbocycles. The van der Waals surface area contributed by atoms with Crippen molar-refractivity contribution >= 4 is 23.4 Å². The van der Waals surface area contributed by atoms with Crippen LogP contribution in [0.3, 0.4) is 0 Å². The van der Waals surface area contributed by atoms with E-state index in [4.69, 9.17) is 4.74 Å². The van der Waals surface area contributed by atoms with Crippen LogP contribution in [0, 0.1) is 0 Å². The van der Waals surface area contributed by atoms with Gasteiger partial charge in [0.2, 0.25) is 0 Å². The van der Waals surface area contributed by atoms with Crippen LogP contribution in [0.25, 0.3) is 0 Å². The minimum Gasteiger partial charge on any atom is -0.377 e. The van der Waals surface area contributed by atoms with E-state index in [1.54, 1.807) is 7.11 Å². The molecular weight excluding hydrogens is 248 g/mol. The second-order valence-electron chi connectivity index (χ2n) is 4.30. The smallest absolute Gasteiger partial charge is 0.158 e. The minimum atomic E-state index is 0.434. The molecule has 1 aromatic rings. The molecular formula is C12H20N4OS. The van der Waals surface area contributed by atoms with Crippen LogP contribution in [0.2, 0.25) is 0 Å². The molecule has 0 bridgehead atoms. The second-order valence-corrected chi connectivity index (χ2v) is 5.45. The molecule has 2 heterocycles. The third-order valence-corrected chi connectivity index (χ3v) is 4.03. The van der Waals surface area contributed by atoms with Crippen molar-refractivity contribution in [2.45, 2.75) is 25.5 Å². The molecule has 2 N–H and O–H groups in total. The van der Waals surface area contributed by atoms with Gasteiger partial charge in [-0.2, -0.15) is 11.8 Å². The second kappa shape index (κ2) is 6.80. The fraction of sp³-hybridized carbons (Fsp3) is 0.667. The lowest BCUT2D eigenvalue weighted by Crippen LogP contribution is -2.26. The van der Waals surface area contributed by atoms with Gasteiger partial charge in [0.1, 0.15) is 18.2 Å². The van der Waals surface area contributed by atoms with Crippen LogP contribution >= 0.6 is 11.8 Å². The standard InChI is InChI=1S/C12H20N4OS/c1-13-10-6-11(16-12(15-10)7-17-2)14-9-4-3-5-18-8-9/h6,9H,3-5,7-8H2,1-2H3,(H2,13,14,15,16). The Labute approximate surface area is 112 Å². The van der Waals surface area contributed by atoms with E-state index in [1.165, 1.54) is 18.6 Å². The van der Waals surface area contributed by atoms with E-state index >= 15 is 0 Å². The van der Waals surface area contributed by atoms with Gasteiger partial charge in [-0.25, -0.2) is 9.97 Å². The summed E-state index contributed by atoms with van der Waals surface area (Å²) in [4.78, 5) is 8.81. The third kappa shape index (κ3) is 3.74. The first-order chi connectivity index (χ1) is 8.81. The maximum atomic E-state index is 5.09. The molecule has 1 aliphatic heterocycles. The maximum Gasteiger partial charge on any atom is 0.158 e. The summed E-state index contributed by atoms with van der Waals surface area (Å²) in [6, 6.07) is 2.46. The highest BCUT2D eigenvalue weighted by Crippen LogP contribution is 2.21. The number of anilines is 2. The van der Waals surface area contributed by atoms with E-state index in [-0.39, 0.29) is 0 Å². The van der Waals surface area contributed by atoms with Gasteiger partial charge >= 0.3 is 0 Å². The lowest BCUT2D eigenvalue weighted by molar-refractivity contribution is 0.178. The Kier molecular flexibility index (Phi) is 5.07. The SMILES string of the molecule is CNc1cc(NC2CCCSC2)nc(COC)n1. The van der Waals surface area contributed by atoms with Crippen LogP contribution in [0.1, 0.15) is 18.7 Å². The predicted octanol–water partition coefficient (Wildman–Crippen LogP) is 1.97. The van der Waals surface area contributed by atoms with Crippen molar-refractivity contribution in [3.8, 4) is 0 Å². The van der Waals surface area contributed by atoms with Gasteiger partial charge in [-0.15, -0.1) is 0 Å². The molecule has 1 aliphatic rings. The van der Waals surface area contributed by atoms with E-state index in [2.05, 4.69) is 20.6 Å². The van der Waals surface area contributed by atoms with Gasteiger partial charge in [0.25, 0.3) is 0 Å². The Balaban J connectivity index is 2.07. The number of hydrogen-bond acceptors (Lipinski definition) is 6. The first-order valence-electron chi connectivity index (χ1n) is 6.20. The normalized spacial score (nSPS) is 19.6. The van der Waals surface area contributed by atoms with E-state index in [9.17, 15) is 0 Å². The zero-order valence-corrected chi connectivity index (χ0v) is 11.7. The Morgan fingerprint density at radius 2 is 2.28 bits per heavy atom. The van der Waals surface area contributed by atoms with Crippen molar-refractivity contribution in [1.29, 1.82) is 0 Å². The van der Waals surface area contributed by atoms with Crippen molar-refractivity contribution in [1.82, 2.24) is 9.97 Å². The van der Waals surface area contributed by atoms with Crippen LogP contribution in [-0.2, 0) is 11.3 Å². The van der Waals surface area contributed by atoms with Crippen molar-refractivity contribution in [2.24, 2.45) is 0 Å². The number of aromatic nitrogens is 2. The monoisotopic (exact) mass is 268 g/mol. The van der Waals surface area contributed by atoms with Crippen molar-refractivity contribution < 1.29 is 4.74 Å². The summed E-state index contributed by atoms with van der Waals surface area (Å²) < 4.78 is 5.09. The molecule has 1 atom stereocenters. The van der Waals surface area contributed by atoms with E-state index in [0.29, 0.717) is 18.5 Å². The highest BCUT2D eigenvalue weighted by Gasteiger charge is 2.14. The fourth-order valence-corrected chi connectivity index (χ4v) is 3.03. The first kappa shape index (κ1) is 13.4. The van der Waals surface area contributed by atoms with E-state index < -0.39 is 0 Å². The van der Waals surface area contributed by atoms with Gasteiger partial charge in [0, 0.05) is 32.0 Å². The predicted molar refractivity (Wildman–Crippen MR) is 76.3 cm³/mol. The Bertz CT molecular complexity index is 382. The molecule has 0 aromatic carbocycles. The quantitative estimate of drug-likeness (QED) is 0.851. The minimum absolute atomic E-state index is 0.434. The molecule has 100 valence electrons. The summed E-state index contributed by atoms with van der Waals surface area (Å²) in [5, 5.41) is 6.54. The zero-order chi connectivity index (χ0) is 12.8. The first-order valence-corrected chi connectivity index (χ1v) is 7.36.